The number of aromatic nitrogens is 2. The van der Waals surface area contributed by atoms with E-state index < -0.39 is 0 Å². The zero-order valence-electron chi connectivity index (χ0n) is 19.9. The molecule has 0 radical (unpaired) electrons. The highest BCUT2D eigenvalue weighted by Crippen LogP contribution is 2.49. The summed E-state index contributed by atoms with van der Waals surface area (Å²) in [6.45, 7) is 9.35. The highest BCUT2D eigenvalue weighted by molar-refractivity contribution is 7.99. The summed E-state index contributed by atoms with van der Waals surface area (Å²) in [5.74, 6) is 0. The van der Waals surface area contributed by atoms with Gasteiger partial charge in [0.05, 0.1) is 16.9 Å². The molecule has 32 heavy (non-hydrogen) atoms. The van der Waals surface area contributed by atoms with Crippen LogP contribution >= 0.6 is 11.8 Å². The Morgan fingerprint density at radius 1 is 1.16 bits per heavy atom. The Balaban J connectivity index is 1.76. The number of benzene rings is 1. The maximum Gasteiger partial charge on any atom is 0.258 e. The van der Waals surface area contributed by atoms with E-state index in [1.807, 2.05) is 0 Å². The van der Waals surface area contributed by atoms with Crippen molar-refractivity contribution in [3.63, 3.8) is 0 Å². The topological polar surface area (TPSA) is 44.1 Å². The van der Waals surface area contributed by atoms with Crippen LogP contribution in [0.4, 0.5) is 0 Å². The lowest BCUT2D eigenvalue weighted by Gasteiger charge is -2.43. The van der Waals surface area contributed by atoms with Crippen LogP contribution < -0.4 is 5.56 Å². The second-order valence-corrected chi connectivity index (χ2v) is 12.4. The van der Waals surface area contributed by atoms with Crippen LogP contribution in [0.15, 0.2) is 34.2 Å². The van der Waals surface area contributed by atoms with Crippen LogP contribution in [0.2, 0.25) is 0 Å². The molecule has 5 heteroatoms. The molecule has 5 rings (SSSR count). The average Bonchev–Trinajstić information content (AvgIpc) is 2.73. The van der Waals surface area contributed by atoms with Gasteiger partial charge in [0, 0.05) is 28.9 Å². The molecule has 0 bridgehead atoms. The Hall–Kier alpha value is -1.59. The molecule has 1 atom stereocenters. The van der Waals surface area contributed by atoms with Gasteiger partial charge in [0.15, 0.2) is 5.16 Å². The molecule has 0 N–H and O–H groups in total. The summed E-state index contributed by atoms with van der Waals surface area (Å²) in [5, 5.41) is 1.25. The molecular formula is C27H36N2O2S. The number of hydrogen-bond donors (Lipinski definition) is 0. The second kappa shape index (κ2) is 8.32. The Labute approximate surface area is 196 Å². The van der Waals surface area contributed by atoms with Crippen LogP contribution in [0.1, 0.15) is 89.8 Å². The van der Waals surface area contributed by atoms with Crippen molar-refractivity contribution < 1.29 is 4.74 Å². The molecule has 1 aromatic carbocycles. The lowest BCUT2D eigenvalue weighted by molar-refractivity contribution is -0.0710. The van der Waals surface area contributed by atoms with Gasteiger partial charge in [-0.1, -0.05) is 69.1 Å². The third kappa shape index (κ3) is 3.86. The minimum atomic E-state index is -0.215. The van der Waals surface area contributed by atoms with Gasteiger partial charge in [-0.3, -0.25) is 9.36 Å². The minimum Gasteiger partial charge on any atom is -0.375 e. The summed E-state index contributed by atoms with van der Waals surface area (Å²) < 4.78 is 8.09. The maximum atomic E-state index is 14.5. The standard InChI is InChI=1S/C27H36N2O2S/c1-18(2)32-25-28-23-21-11-7-6-10-19(21)16-27(13-8-5-9-14-27)22(23)24(30)29(25)20-12-15-31-26(3,4)17-20/h6-7,10-11,18,20H,5,8-9,12-17H2,1-4H3. The van der Waals surface area contributed by atoms with Crippen molar-refractivity contribution in [3.8, 4) is 11.3 Å². The van der Waals surface area contributed by atoms with Gasteiger partial charge >= 0.3 is 0 Å². The maximum absolute atomic E-state index is 14.5. The third-order valence-electron chi connectivity index (χ3n) is 7.60. The molecule has 1 unspecified atom stereocenters. The van der Waals surface area contributed by atoms with Gasteiger partial charge in [-0.25, -0.2) is 4.98 Å². The van der Waals surface area contributed by atoms with E-state index in [-0.39, 0.29) is 22.6 Å². The Morgan fingerprint density at radius 3 is 2.62 bits per heavy atom. The Kier molecular flexibility index (Phi) is 5.78. The molecule has 1 aromatic heterocycles. The molecule has 1 saturated heterocycles. The summed E-state index contributed by atoms with van der Waals surface area (Å²) in [6, 6.07) is 8.78. The minimum absolute atomic E-state index is 0.0600. The van der Waals surface area contributed by atoms with E-state index in [0.717, 1.165) is 48.5 Å². The molecule has 0 amide bonds. The number of ether oxygens (including phenoxy) is 1. The molecule has 4 nitrogen and oxygen atoms in total. The first-order valence-electron chi connectivity index (χ1n) is 12.4. The lowest BCUT2D eigenvalue weighted by Crippen LogP contribution is -2.46. The predicted molar refractivity (Wildman–Crippen MR) is 132 cm³/mol. The first kappa shape index (κ1) is 22.2. The summed E-state index contributed by atoms with van der Waals surface area (Å²) >= 11 is 1.73. The molecule has 2 aromatic rings. The summed E-state index contributed by atoms with van der Waals surface area (Å²) in [4.78, 5) is 19.8. The Bertz CT molecular complexity index is 1070. The van der Waals surface area contributed by atoms with E-state index in [9.17, 15) is 4.79 Å². The third-order valence-corrected chi connectivity index (χ3v) is 8.57. The number of rotatable bonds is 3. The van der Waals surface area contributed by atoms with E-state index in [2.05, 4.69) is 56.5 Å². The predicted octanol–water partition coefficient (Wildman–Crippen LogP) is 6.30. The molecule has 172 valence electrons. The van der Waals surface area contributed by atoms with Crippen molar-refractivity contribution in [3.05, 3.63) is 45.7 Å². The molecule has 2 fully saturated rings. The van der Waals surface area contributed by atoms with Crippen molar-refractivity contribution in [1.82, 2.24) is 9.55 Å². The fourth-order valence-corrected chi connectivity index (χ4v) is 7.15. The SMILES string of the molecule is CC(C)Sc1nc2c(c(=O)n1C1CCOC(C)(C)C1)C1(CCCCC1)Cc1ccccc1-2. The molecule has 3 aliphatic rings. The van der Waals surface area contributed by atoms with Crippen LogP contribution in [0, 0.1) is 0 Å². The number of nitrogens with zero attached hydrogens (tertiary/aromatic N) is 2. The smallest absolute Gasteiger partial charge is 0.258 e. The van der Waals surface area contributed by atoms with Gasteiger partial charge in [-0.2, -0.15) is 0 Å². The van der Waals surface area contributed by atoms with Gasteiger partial charge in [0.25, 0.3) is 5.56 Å². The van der Waals surface area contributed by atoms with E-state index in [0.29, 0.717) is 11.9 Å². The largest absolute Gasteiger partial charge is 0.375 e. The van der Waals surface area contributed by atoms with Crippen LogP contribution in [0.5, 0.6) is 0 Å². The van der Waals surface area contributed by atoms with E-state index in [1.165, 1.54) is 30.4 Å². The monoisotopic (exact) mass is 452 g/mol. The van der Waals surface area contributed by atoms with Crippen molar-refractivity contribution in [1.29, 1.82) is 0 Å². The zero-order valence-corrected chi connectivity index (χ0v) is 20.8. The van der Waals surface area contributed by atoms with Gasteiger partial charge in [-0.15, -0.1) is 0 Å². The van der Waals surface area contributed by atoms with Crippen molar-refractivity contribution in [2.75, 3.05) is 6.61 Å². The Morgan fingerprint density at radius 2 is 1.91 bits per heavy atom. The molecule has 1 aliphatic heterocycles. The highest BCUT2D eigenvalue weighted by Gasteiger charge is 2.44. The van der Waals surface area contributed by atoms with Crippen LogP contribution in [-0.2, 0) is 16.6 Å². The highest BCUT2D eigenvalue weighted by atomic mass is 32.2. The van der Waals surface area contributed by atoms with E-state index in [4.69, 9.17) is 9.72 Å². The van der Waals surface area contributed by atoms with Gasteiger partial charge in [0.1, 0.15) is 0 Å². The summed E-state index contributed by atoms with van der Waals surface area (Å²) in [5.41, 5.74) is 4.44. The van der Waals surface area contributed by atoms with Crippen LogP contribution in [-0.4, -0.2) is 27.0 Å². The summed E-state index contributed by atoms with van der Waals surface area (Å²) in [7, 11) is 0. The molecule has 2 heterocycles. The fraction of sp³-hybridized carbons (Fsp3) is 0.630. The summed E-state index contributed by atoms with van der Waals surface area (Å²) in [6.07, 6.45) is 8.57. The molecule has 2 aliphatic carbocycles. The number of hydrogen-bond acceptors (Lipinski definition) is 4. The van der Waals surface area contributed by atoms with Gasteiger partial charge < -0.3 is 4.74 Å². The van der Waals surface area contributed by atoms with Crippen LogP contribution in [0.25, 0.3) is 11.3 Å². The molecule has 1 spiro atoms. The normalized spacial score (nSPS) is 23.7. The second-order valence-electron chi connectivity index (χ2n) is 10.9. The number of fused-ring (bicyclic) bond motifs is 4. The fourth-order valence-electron chi connectivity index (χ4n) is 6.24. The zero-order chi connectivity index (χ0) is 22.5. The molecular weight excluding hydrogens is 416 g/mol. The van der Waals surface area contributed by atoms with E-state index in [1.54, 1.807) is 11.8 Å². The molecule has 1 saturated carbocycles. The van der Waals surface area contributed by atoms with E-state index >= 15 is 0 Å². The van der Waals surface area contributed by atoms with Gasteiger partial charge in [-0.05, 0) is 51.5 Å². The first-order chi connectivity index (χ1) is 15.3. The lowest BCUT2D eigenvalue weighted by atomic mass is 9.62. The first-order valence-corrected chi connectivity index (χ1v) is 13.2. The average molecular weight is 453 g/mol. The quantitative estimate of drug-likeness (QED) is 0.405. The van der Waals surface area contributed by atoms with Crippen LogP contribution in [0.3, 0.4) is 0 Å². The van der Waals surface area contributed by atoms with Crippen molar-refractivity contribution in [2.45, 2.75) is 107 Å². The number of thioether (sulfide) groups is 1. The van der Waals surface area contributed by atoms with Crippen molar-refractivity contribution >= 4 is 11.8 Å². The van der Waals surface area contributed by atoms with Crippen molar-refractivity contribution in [2.24, 2.45) is 0 Å². The van der Waals surface area contributed by atoms with Gasteiger partial charge in [0.2, 0.25) is 0 Å².